The van der Waals surface area contributed by atoms with E-state index in [4.69, 9.17) is 20.6 Å². The smallest absolute Gasteiger partial charge is 0.414 e. The summed E-state index contributed by atoms with van der Waals surface area (Å²) in [5.74, 6) is 0.669. The topological polar surface area (TPSA) is 88.6 Å². The van der Waals surface area contributed by atoms with E-state index in [0.717, 1.165) is 21.3 Å². The number of amides is 1. The molecule has 4 aromatic rings. The number of amidine groups is 1. The number of thiophene rings is 1. The third kappa shape index (κ3) is 4.73. The number of rotatable bonds is 7. The zero-order valence-electron chi connectivity index (χ0n) is 17.5. The van der Waals surface area contributed by atoms with Gasteiger partial charge >= 0.3 is 6.09 Å². The highest BCUT2D eigenvalue weighted by Gasteiger charge is 2.20. The van der Waals surface area contributed by atoms with Crippen molar-refractivity contribution >= 4 is 39.0 Å². The molecule has 0 aliphatic heterocycles. The number of nitrogen functional groups attached to an aromatic ring is 1. The van der Waals surface area contributed by atoms with Gasteiger partial charge in [-0.1, -0.05) is 54.6 Å². The summed E-state index contributed by atoms with van der Waals surface area (Å²) in [4.78, 5) is 14.8. The summed E-state index contributed by atoms with van der Waals surface area (Å²) in [6.07, 6.45) is -0.969. The van der Waals surface area contributed by atoms with Crippen molar-refractivity contribution in [1.29, 1.82) is 5.41 Å². The Morgan fingerprint density at radius 1 is 1.03 bits per heavy atom. The van der Waals surface area contributed by atoms with Crippen molar-refractivity contribution in [3.05, 3.63) is 95.4 Å². The van der Waals surface area contributed by atoms with Gasteiger partial charge in [-0.25, -0.2) is 4.79 Å². The number of anilines is 1. The van der Waals surface area contributed by atoms with Gasteiger partial charge in [-0.05, 0) is 35.9 Å². The molecule has 32 heavy (non-hydrogen) atoms. The fraction of sp³-hybridized carbons (Fsp3) is 0.120. The van der Waals surface area contributed by atoms with Gasteiger partial charge in [0.15, 0.2) is 6.10 Å². The van der Waals surface area contributed by atoms with Crippen molar-refractivity contribution in [1.82, 2.24) is 0 Å². The molecule has 0 saturated carbocycles. The molecule has 0 aliphatic carbocycles. The monoisotopic (exact) mass is 445 g/mol. The van der Waals surface area contributed by atoms with Crippen LogP contribution in [0.4, 0.5) is 10.5 Å². The lowest BCUT2D eigenvalue weighted by Gasteiger charge is -2.22. The van der Waals surface area contributed by atoms with Crippen LogP contribution in [0.25, 0.3) is 10.1 Å². The van der Waals surface area contributed by atoms with Crippen LogP contribution in [-0.4, -0.2) is 25.6 Å². The van der Waals surface area contributed by atoms with E-state index in [-0.39, 0.29) is 12.4 Å². The van der Waals surface area contributed by atoms with Crippen LogP contribution in [0.2, 0.25) is 0 Å². The van der Waals surface area contributed by atoms with Crippen LogP contribution in [0.5, 0.6) is 5.75 Å². The molecule has 0 radical (unpaired) electrons. The number of nitrogens with zero attached hydrogens (tertiary/aromatic N) is 1. The Labute approximate surface area is 190 Å². The number of hydrogen-bond acceptors (Lipinski definition) is 5. The predicted molar refractivity (Wildman–Crippen MR) is 129 cm³/mol. The van der Waals surface area contributed by atoms with Crippen molar-refractivity contribution in [2.75, 3.05) is 18.6 Å². The zero-order chi connectivity index (χ0) is 22.5. The molecule has 4 rings (SSSR count). The van der Waals surface area contributed by atoms with E-state index in [2.05, 4.69) is 0 Å². The summed E-state index contributed by atoms with van der Waals surface area (Å²) in [6, 6.07) is 26.5. The molecule has 1 heterocycles. The second kappa shape index (κ2) is 9.53. The Hall–Kier alpha value is -3.84. The minimum Gasteiger partial charge on any atom is -0.481 e. The fourth-order valence-electron chi connectivity index (χ4n) is 3.29. The van der Waals surface area contributed by atoms with E-state index in [1.807, 2.05) is 84.9 Å². The van der Waals surface area contributed by atoms with Crippen molar-refractivity contribution in [2.24, 2.45) is 5.73 Å². The van der Waals surface area contributed by atoms with E-state index in [0.29, 0.717) is 10.6 Å². The summed E-state index contributed by atoms with van der Waals surface area (Å²) in [5, 5.41) is 8.60. The molecule has 1 amide bonds. The second-order valence-electron chi connectivity index (χ2n) is 7.18. The Bertz CT molecular complexity index is 1230. The Morgan fingerprint density at radius 2 is 1.72 bits per heavy atom. The van der Waals surface area contributed by atoms with Gasteiger partial charge in [-0.15, -0.1) is 11.3 Å². The molecular weight excluding hydrogens is 422 g/mol. The Morgan fingerprint density at radius 3 is 2.41 bits per heavy atom. The quantitative estimate of drug-likeness (QED) is 0.287. The van der Waals surface area contributed by atoms with Crippen LogP contribution in [-0.2, 0) is 4.74 Å². The summed E-state index contributed by atoms with van der Waals surface area (Å²) < 4.78 is 12.9. The summed E-state index contributed by atoms with van der Waals surface area (Å²) >= 11 is 1.44. The lowest BCUT2D eigenvalue weighted by molar-refractivity contribution is 0.0875. The number of carbonyl (C=O) groups excluding carboxylic acids is 1. The van der Waals surface area contributed by atoms with Crippen LogP contribution >= 0.6 is 11.3 Å². The molecule has 1 unspecified atom stereocenters. The highest BCUT2D eigenvalue weighted by atomic mass is 32.1. The van der Waals surface area contributed by atoms with Gasteiger partial charge in [0.25, 0.3) is 0 Å². The predicted octanol–water partition coefficient (Wildman–Crippen LogP) is 5.58. The van der Waals surface area contributed by atoms with Gasteiger partial charge in [0.1, 0.15) is 18.2 Å². The molecule has 0 spiro atoms. The maximum atomic E-state index is 12.6. The standard InChI is InChI=1S/C25H23N3O3S/c1-28(18-11-6-3-7-12-18)25(29)30-16-21(17-9-4-2-5-10-17)31-20-13-8-14-22-19(20)15-23(32-22)24(26)27/h2-15,21H,16H2,1H3,(H3,26,27). The van der Waals surface area contributed by atoms with Crippen LogP contribution in [0.15, 0.2) is 84.9 Å². The summed E-state index contributed by atoms with van der Waals surface area (Å²) in [5.41, 5.74) is 7.30. The number of ether oxygens (including phenoxy) is 2. The largest absolute Gasteiger partial charge is 0.481 e. The van der Waals surface area contributed by atoms with Gasteiger partial charge in [0.05, 0.1) is 4.88 Å². The van der Waals surface area contributed by atoms with Gasteiger partial charge in [0.2, 0.25) is 0 Å². The third-order valence-corrected chi connectivity index (χ3v) is 6.14. The normalized spacial score (nSPS) is 11.7. The molecule has 3 N–H and O–H groups in total. The molecule has 0 saturated heterocycles. The minimum absolute atomic E-state index is 0.0228. The number of nitrogens with two attached hydrogens (primary N) is 1. The second-order valence-corrected chi connectivity index (χ2v) is 8.26. The lowest BCUT2D eigenvalue weighted by atomic mass is 10.1. The first kappa shape index (κ1) is 21.4. The number of hydrogen-bond donors (Lipinski definition) is 2. The molecule has 3 aromatic carbocycles. The van der Waals surface area contributed by atoms with Gasteiger partial charge in [-0.3, -0.25) is 10.3 Å². The first-order valence-electron chi connectivity index (χ1n) is 10.1. The highest BCUT2D eigenvalue weighted by molar-refractivity contribution is 7.20. The van der Waals surface area contributed by atoms with Gasteiger partial charge in [0, 0.05) is 22.8 Å². The molecule has 1 aromatic heterocycles. The van der Waals surface area contributed by atoms with Crippen molar-refractivity contribution in [2.45, 2.75) is 6.10 Å². The Kier molecular flexibility index (Phi) is 6.37. The van der Waals surface area contributed by atoms with Crippen molar-refractivity contribution < 1.29 is 14.3 Å². The van der Waals surface area contributed by atoms with Crippen LogP contribution in [0, 0.1) is 5.41 Å². The van der Waals surface area contributed by atoms with E-state index in [1.54, 1.807) is 7.05 Å². The van der Waals surface area contributed by atoms with Crippen LogP contribution < -0.4 is 15.4 Å². The summed E-state index contributed by atoms with van der Waals surface area (Å²) in [6.45, 7) is 0.0418. The highest BCUT2D eigenvalue weighted by Crippen LogP contribution is 2.35. The van der Waals surface area contributed by atoms with E-state index >= 15 is 0 Å². The number of carbonyl (C=O) groups is 1. The fourth-order valence-corrected chi connectivity index (χ4v) is 4.23. The van der Waals surface area contributed by atoms with Crippen molar-refractivity contribution in [3.63, 3.8) is 0 Å². The first-order valence-corrected chi connectivity index (χ1v) is 10.9. The molecule has 0 fully saturated rings. The van der Waals surface area contributed by atoms with E-state index < -0.39 is 12.2 Å². The third-order valence-electron chi connectivity index (χ3n) is 5.00. The van der Waals surface area contributed by atoms with Crippen molar-refractivity contribution in [3.8, 4) is 5.75 Å². The van der Waals surface area contributed by atoms with Crippen LogP contribution in [0.1, 0.15) is 16.5 Å². The number of nitrogens with one attached hydrogen (secondary N) is 1. The average Bonchev–Trinajstić information content (AvgIpc) is 3.28. The first-order chi connectivity index (χ1) is 15.5. The molecular formula is C25H23N3O3S. The summed E-state index contributed by atoms with van der Waals surface area (Å²) in [7, 11) is 1.67. The molecule has 7 heteroatoms. The van der Waals surface area contributed by atoms with E-state index in [1.165, 1.54) is 16.2 Å². The molecule has 0 aliphatic rings. The zero-order valence-corrected chi connectivity index (χ0v) is 18.3. The minimum atomic E-state index is -0.504. The van der Waals surface area contributed by atoms with E-state index in [9.17, 15) is 4.79 Å². The molecule has 0 bridgehead atoms. The van der Waals surface area contributed by atoms with Crippen LogP contribution in [0.3, 0.4) is 0 Å². The van der Waals surface area contributed by atoms with Gasteiger partial charge in [-0.2, -0.15) is 0 Å². The molecule has 6 nitrogen and oxygen atoms in total. The SMILES string of the molecule is CN(C(=O)OCC(Oc1cccc2sc(C(=N)N)cc12)c1ccccc1)c1ccccc1. The lowest BCUT2D eigenvalue weighted by Crippen LogP contribution is -2.29. The maximum Gasteiger partial charge on any atom is 0.414 e. The molecule has 1 atom stereocenters. The molecule has 162 valence electrons. The van der Waals surface area contributed by atoms with Gasteiger partial charge < -0.3 is 15.2 Å². The number of para-hydroxylation sites is 1. The Balaban J connectivity index is 1.56. The number of benzene rings is 3. The maximum absolute atomic E-state index is 12.6. The number of fused-ring (bicyclic) bond motifs is 1. The average molecular weight is 446 g/mol.